The average Bonchev–Trinajstić information content (AvgIpc) is 2.78. The molecular weight excluding hydrogens is 402 g/mol. The number of anilines is 1. The molecule has 1 atom stereocenters. The Labute approximate surface area is 189 Å². The van der Waals surface area contributed by atoms with E-state index in [1.54, 1.807) is 17.3 Å². The van der Waals surface area contributed by atoms with E-state index in [0.29, 0.717) is 18.3 Å². The number of fused-ring (bicyclic) bond motifs is 1. The standard InChI is InChI=1S/C25H31N5O2/c1-25(2,3)32-24(31)29(4)16-18-9-8-14-30(17-18)23-20-11-5-6-12-21(20)27-22(28-23)19-10-7-13-26-15-19/h5-7,10-13,15,18H,8-9,14,16-17H2,1-4H3/t18-/m1/s1. The van der Waals surface area contributed by atoms with Crippen LogP contribution >= 0.6 is 0 Å². The first-order chi connectivity index (χ1) is 15.3. The first kappa shape index (κ1) is 22.0. The second-order valence-corrected chi connectivity index (χ2v) is 9.44. The molecule has 1 saturated heterocycles. The molecule has 7 heteroatoms. The smallest absolute Gasteiger partial charge is 0.410 e. The number of piperidine rings is 1. The molecule has 3 aromatic rings. The molecule has 1 aliphatic rings. The van der Waals surface area contributed by atoms with Gasteiger partial charge in [0.25, 0.3) is 0 Å². The van der Waals surface area contributed by atoms with Gasteiger partial charge in [-0.2, -0.15) is 0 Å². The minimum Gasteiger partial charge on any atom is -0.444 e. The molecule has 1 amide bonds. The van der Waals surface area contributed by atoms with E-state index in [0.717, 1.165) is 48.2 Å². The van der Waals surface area contributed by atoms with Crippen LogP contribution in [0.4, 0.5) is 10.6 Å². The van der Waals surface area contributed by atoms with Crippen molar-refractivity contribution in [2.24, 2.45) is 5.92 Å². The van der Waals surface area contributed by atoms with Gasteiger partial charge in [-0.25, -0.2) is 14.8 Å². The number of hydrogen-bond acceptors (Lipinski definition) is 6. The van der Waals surface area contributed by atoms with Crippen LogP contribution in [-0.2, 0) is 4.74 Å². The summed E-state index contributed by atoms with van der Waals surface area (Å²) in [6.45, 7) is 8.09. The summed E-state index contributed by atoms with van der Waals surface area (Å²) >= 11 is 0. The number of carbonyl (C=O) groups is 1. The minimum atomic E-state index is -0.494. The van der Waals surface area contributed by atoms with Crippen LogP contribution in [-0.4, -0.2) is 58.2 Å². The third kappa shape index (κ3) is 5.15. The summed E-state index contributed by atoms with van der Waals surface area (Å²) in [7, 11) is 1.81. The molecule has 0 spiro atoms. The highest BCUT2D eigenvalue weighted by molar-refractivity contribution is 5.91. The lowest BCUT2D eigenvalue weighted by Gasteiger charge is -2.36. The zero-order valence-electron chi connectivity index (χ0n) is 19.3. The van der Waals surface area contributed by atoms with Crippen molar-refractivity contribution in [3.05, 3.63) is 48.8 Å². The van der Waals surface area contributed by atoms with Gasteiger partial charge in [0.2, 0.25) is 0 Å². The summed E-state index contributed by atoms with van der Waals surface area (Å²) in [5.41, 5.74) is 1.33. The van der Waals surface area contributed by atoms with Gasteiger partial charge >= 0.3 is 6.09 Å². The SMILES string of the molecule is CN(C[C@H]1CCCN(c2nc(-c3cccnc3)nc3ccccc23)C1)C(=O)OC(C)(C)C. The number of benzene rings is 1. The van der Waals surface area contributed by atoms with Gasteiger partial charge < -0.3 is 14.5 Å². The van der Waals surface area contributed by atoms with Crippen molar-refractivity contribution in [1.82, 2.24) is 19.9 Å². The van der Waals surface area contributed by atoms with Crippen LogP contribution in [0.2, 0.25) is 0 Å². The van der Waals surface area contributed by atoms with Gasteiger partial charge in [0.15, 0.2) is 5.82 Å². The maximum atomic E-state index is 12.4. The van der Waals surface area contributed by atoms with Crippen molar-refractivity contribution >= 4 is 22.8 Å². The summed E-state index contributed by atoms with van der Waals surface area (Å²) in [6, 6.07) is 12.0. The van der Waals surface area contributed by atoms with Crippen molar-refractivity contribution in [1.29, 1.82) is 0 Å². The molecule has 4 rings (SSSR count). The molecule has 0 radical (unpaired) electrons. The second kappa shape index (κ2) is 9.10. The molecule has 0 unspecified atom stereocenters. The molecule has 0 N–H and O–H groups in total. The van der Waals surface area contributed by atoms with Crippen LogP contribution in [0.1, 0.15) is 33.6 Å². The zero-order chi connectivity index (χ0) is 22.7. The van der Waals surface area contributed by atoms with Gasteiger partial charge in [-0.05, 0) is 63.8 Å². The molecule has 3 heterocycles. The van der Waals surface area contributed by atoms with Crippen LogP contribution in [0, 0.1) is 5.92 Å². The van der Waals surface area contributed by atoms with Crippen LogP contribution in [0.15, 0.2) is 48.8 Å². The molecule has 168 valence electrons. The number of hydrogen-bond donors (Lipinski definition) is 0. The molecule has 1 aromatic carbocycles. The lowest BCUT2D eigenvalue weighted by molar-refractivity contribution is 0.0269. The predicted molar refractivity (Wildman–Crippen MR) is 127 cm³/mol. The third-order valence-electron chi connectivity index (χ3n) is 5.56. The number of rotatable bonds is 4. The van der Waals surface area contributed by atoms with E-state index in [-0.39, 0.29) is 6.09 Å². The number of amides is 1. The first-order valence-corrected chi connectivity index (χ1v) is 11.2. The van der Waals surface area contributed by atoms with Gasteiger partial charge in [0.05, 0.1) is 5.52 Å². The average molecular weight is 434 g/mol. The Balaban J connectivity index is 1.58. The Morgan fingerprint density at radius 3 is 2.75 bits per heavy atom. The zero-order valence-corrected chi connectivity index (χ0v) is 19.3. The normalized spacial score (nSPS) is 16.8. The molecule has 7 nitrogen and oxygen atoms in total. The quantitative estimate of drug-likeness (QED) is 0.590. The first-order valence-electron chi connectivity index (χ1n) is 11.2. The molecule has 1 fully saturated rings. The number of pyridine rings is 1. The number of ether oxygens (including phenoxy) is 1. The predicted octanol–water partition coefficient (Wildman–Crippen LogP) is 4.78. The Morgan fingerprint density at radius 2 is 2.00 bits per heavy atom. The number of nitrogens with zero attached hydrogens (tertiary/aromatic N) is 5. The molecular formula is C25H31N5O2. The summed E-state index contributed by atoms with van der Waals surface area (Å²) in [6.07, 6.45) is 5.39. The van der Waals surface area contributed by atoms with E-state index >= 15 is 0 Å². The minimum absolute atomic E-state index is 0.277. The monoisotopic (exact) mass is 433 g/mol. The summed E-state index contributed by atoms with van der Waals surface area (Å²) < 4.78 is 5.52. The largest absolute Gasteiger partial charge is 0.444 e. The van der Waals surface area contributed by atoms with Crippen LogP contribution in [0.5, 0.6) is 0 Å². The molecule has 32 heavy (non-hydrogen) atoms. The summed E-state index contributed by atoms with van der Waals surface area (Å²) in [5.74, 6) is 1.97. The molecule has 1 aliphatic heterocycles. The fourth-order valence-electron chi connectivity index (χ4n) is 4.13. The second-order valence-electron chi connectivity index (χ2n) is 9.44. The van der Waals surface area contributed by atoms with Crippen LogP contribution in [0.25, 0.3) is 22.3 Å². The Morgan fingerprint density at radius 1 is 1.19 bits per heavy atom. The van der Waals surface area contributed by atoms with Gasteiger partial charge in [-0.3, -0.25) is 4.98 Å². The topological polar surface area (TPSA) is 71.5 Å². The van der Waals surface area contributed by atoms with Crippen LogP contribution < -0.4 is 4.90 Å². The Bertz CT molecular complexity index is 1080. The maximum Gasteiger partial charge on any atom is 0.410 e. The lowest BCUT2D eigenvalue weighted by atomic mass is 9.97. The number of aromatic nitrogens is 3. The Hall–Kier alpha value is -3.22. The van der Waals surface area contributed by atoms with Gasteiger partial charge in [-0.15, -0.1) is 0 Å². The lowest BCUT2D eigenvalue weighted by Crippen LogP contribution is -2.43. The maximum absolute atomic E-state index is 12.4. The highest BCUT2D eigenvalue weighted by Gasteiger charge is 2.27. The van der Waals surface area contributed by atoms with E-state index in [1.165, 1.54) is 0 Å². The third-order valence-corrected chi connectivity index (χ3v) is 5.56. The highest BCUT2D eigenvalue weighted by atomic mass is 16.6. The summed E-state index contributed by atoms with van der Waals surface area (Å²) in [5, 5.41) is 1.04. The van der Waals surface area contributed by atoms with Gasteiger partial charge in [0.1, 0.15) is 11.4 Å². The van der Waals surface area contributed by atoms with Crippen molar-refractivity contribution in [2.45, 2.75) is 39.2 Å². The highest BCUT2D eigenvalue weighted by Crippen LogP contribution is 2.30. The van der Waals surface area contributed by atoms with E-state index in [4.69, 9.17) is 14.7 Å². The molecule has 2 aromatic heterocycles. The number of para-hydroxylation sites is 1. The van der Waals surface area contributed by atoms with Gasteiger partial charge in [-0.1, -0.05) is 12.1 Å². The fraction of sp³-hybridized carbons (Fsp3) is 0.440. The van der Waals surface area contributed by atoms with E-state index in [2.05, 4.69) is 16.0 Å². The van der Waals surface area contributed by atoms with Crippen molar-refractivity contribution in [3.8, 4) is 11.4 Å². The molecule has 0 bridgehead atoms. The summed E-state index contributed by atoms with van der Waals surface area (Å²) in [4.78, 5) is 30.4. The van der Waals surface area contributed by atoms with Gasteiger partial charge in [0, 0.05) is 50.0 Å². The number of carbonyl (C=O) groups excluding carboxylic acids is 1. The van der Waals surface area contributed by atoms with E-state index < -0.39 is 5.60 Å². The van der Waals surface area contributed by atoms with Crippen molar-refractivity contribution in [3.63, 3.8) is 0 Å². The van der Waals surface area contributed by atoms with E-state index in [1.807, 2.05) is 58.2 Å². The Kier molecular flexibility index (Phi) is 6.26. The molecule has 0 aliphatic carbocycles. The van der Waals surface area contributed by atoms with Crippen molar-refractivity contribution < 1.29 is 9.53 Å². The molecule has 0 saturated carbocycles. The van der Waals surface area contributed by atoms with Crippen molar-refractivity contribution in [2.75, 3.05) is 31.6 Å². The van der Waals surface area contributed by atoms with Crippen LogP contribution in [0.3, 0.4) is 0 Å². The van der Waals surface area contributed by atoms with E-state index in [9.17, 15) is 4.79 Å². The fourth-order valence-corrected chi connectivity index (χ4v) is 4.13.